The molecular formula is C14H17N3OS2. The summed E-state index contributed by atoms with van der Waals surface area (Å²) >= 11 is 2.87. The Kier molecular flexibility index (Phi) is 5.88. The number of nitrogens with two attached hydrogens (primary N) is 1. The fraction of sp³-hybridized carbons (Fsp3) is 0.286. The Balaban J connectivity index is 1.58. The molecule has 0 spiro atoms. The maximum Gasteiger partial charge on any atom is 0.230 e. The predicted octanol–water partition coefficient (Wildman–Crippen LogP) is 2.57. The summed E-state index contributed by atoms with van der Waals surface area (Å²) in [5.74, 6) is 0.461. The topological polar surface area (TPSA) is 68.0 Å². The van der Waals surface area contributed by atoms with Gasteiger partial charge in [0.25, 0.3) is 0 Å². The summed E-state index contributed by atoms with van der Waals surface area (Å²) in [7, 11) is 0. The van der Waals surface area contributed by atoms with Gasteiger partial charge in [0.1, 0.15) is 0 Å². The number of hydrogen-bond donors (Lipinski definition) is 2. The van der Waals surface area contributed by atoms with Crippen LogP contribution in [-0.4, -0.2) is 23.2 Å². The Hall–Kier alpha value is -1.53. The molecular weight excluding hydrogens is 290 g/mol. The molecule has 0 radical (unpaired) electrons. The van der Waals surface area contributed by atoms with Crippen LogP contribution >= 0.6 is 23.1 Å². The number of nitrogens with one attached hydrogen (secondary N) is 1. The van der Waals surface area contributed by atoms with Crippen LogP contribution in [0.1, 0.15) is 12.0 Å². The summed E-state index contributed by atoms with van der Waals surface area (Å²) in [6.45, 7) is 0.707. The van der Waals surface area contributed by atoms with Crippen LogP contribution in [-0.2, 0) is 11.2 Å². The maximum atomic E-state index is 11.7. The van der Waals surface area contributed by atoms with Gasteiger partial charge in [0.15, 0.2) is 5.13 Å². The van der Waals surface area contributed by atoms with Crippen LogP contribution in [0.3, 0.4) is 0 Å². The van der Waals surface area contributed by atoms with Gasteiger partial charge in [0.2, 0.25) is 5.91 Å². The van der Waals surface area contributed by atoms with Crippen molar-refractivity contribution >= 4 is 34.1 Å². The summed E-state index contributed by atoms with van der Waals surface area (Å²) in [4.78, 5) is 15.6. The maximum absolute atomic E-state index is 11.7. The number of nitrogen functional groups attached to an aromatic ring is 1. The van der Waals surface area contributed by atoms with Gasteiger partial charge >= 0.3 is 0 Å². The van der Waals surface area contributed by atoms with Crippen molar-refractivity contribution < 1.29 is 4.79 Å². The molecule has 4 nitrogen and oxygen atoms in total. The van der Waals surface area contributed by atoms with Crippen molar-refractivity contribution in [2.75, 3.05) is 18.0 Å². The Morgan fingerprint density at radius 2 is 2.15 bits per heavy atom. The number of benzene rings is 1. The number of carbonyl (C=O) groups is 1. The lowest BCUT2D eigenvalue weighted by Gasteiger charge is -2.04. The van der Waals surface area contributed by atoms with Crippen LogP contribution in [0.15, 0.2) is 40.7 Å². The summed E-state index contributed by atoms with van der Waals surface area (Å²) in [5.41, 5.74) is 6.83. The molecule has 1 amide bonds. The van der Waals surface area contributed by atoms with Crippen LogP contribution in [0, 0.1) is 0 Å². The van der Waals surface area contributed by atoms with Crippen molar-refractivity contribution in [1.29, 1.82) is 0 Å². The first-order chi connectivity index (χ1) is 9.74. The van der Waals surface area contributed by atoms with E-state index in [0.29, 0.717) is 17.4 Å². The first-order valence-corrected chi connectivity index (χ1v) is 8.19. The molecule has 0 atom stereocenters. The molecule has 1 aromatic carbocycles. The number of thiazole rings is 1. The number of hydrogen-bond acceptors (Lipinski definition) is 5. The van der Waals surface area contributed by atoms with Crippen molar-refractivity contribution in [2.24, 2.45) is 0 Å². The van der Waals surface area contributed by atoms with Gasteiger partial charge in [-0.05, 0) is 18.4 Å². The van der Waals surface area contributed by atoms with E-state index in [1.54, 1.807) is 6.20 Å². The number of thioether (sulfide) groups is 1. The lowest BCUT2D eigenvalue weighted by Crippen LogP contribution is -2.26. The molecule has 0 aliphatic heterocycles. The second kappa shape index (κ2) is 7.91. The quantitative estimate of drug-likeness (QED) is 0.609. The molecule has 0 saturated heterocycles. The SMILES string of the molecule is Nc1ncc(SCC(=O)NCCCc2ccccc2)s1. The number of amides is 1. The summed E-state index contributed by atoms with van der Waals surface area (Å²) in [5, 5.41) is 3.46. The number of nitrogens with zero attached hydrogens (tertiary/aromatic N) is 1. The van der Waals surface area contributed by atoms with Gasteiger partial charge in [-0.2, -0.15) is 0 Å². The van der Waals surface area contributed by atoms with E-state index in [1.807, 2.05) is 18.2 Å². The highest BCUT2D eigenvalue weighted by molar-refractivity contribution is 8.01. The Labute approximate surface area is 126 Å². The molecule has 2 rings (SSSR count). The molecule has 1 aromatic heterocycles. The molecule has 0 aliphatic rings. The molecule has 0 aliphatic carbocycles. The van der Waals surface area contributed by atoms with Gasteiger partial charge in [0.05, 0.1) is 16.2 Å². The highest BCUT2D eigenvalue weighted by Gasteiger charge is 2.04. The average Bonchev–Trinajstić information content (AvgIpc) is 2.88. The molecule has 3 N–H and O–H groups in total. The smallest absolute Gasteiger partial charge is 0.230 e. The van der Waals surface area contributed by atoms with E-state index in [4.69, 9.17) is 5.73 Å². The monoisotopic (exact) mass is 307 g/mol. The predicted molar refractivity (Wildman–Crippen MR) is 85.0 cm³/mol. The number of anilines is 1. The number of carbonyl (C=O) groups excluding carboxylic acids is 1. The van der Waals surface area contributed by atoms with Crippen molar-refractivity contribution in [3.63, 3.8) is 0 Å². The molecule has 2 aromatic rings. The van der Waals surface area contributed by atoms with Crippen LogP contribution in [0.25, 0.3) is 0 Å². The summed E-state index contributed by atoms with van der Waals surface area (Å²) in [6.07, 6.45) is 3.64. The van der Waals surface area contributed by atoms with Crippen LogP contribution < -0.4 is 11.1 Å². The van der Waals surface area contributed by atoms with E-state index in [1.165, 1.54) is 28.7 Å². The summed E-state index contributed by atoms with van der Waals surface area (Å²) in [6, 6.07) is 10.3. The highest BCUT2D eigenvalue weighted by atomic mass is 32.2. The molecule has 0 bridgehead atoms. The van der Waals surface area contributed by atoms with Crippen LogP contribution in [0.2, 0.25) is 0 Å². The zero-order chi connectivity index (χ0) is 14.2. The molecule has 20 heavy (non-hydrogen) atoms. The minimum Gasteiger partial charge on any atom is -0.375 e. The van der Waals surface area contributed by atoms with Gasteiger partial charge < -0.3 is 11.1 Å². The third-order valence-electron chi connectivity index (χ3n) is 2.66. The van der Waals surface area contributed by atoms with Crippen molar-refractivity contribution in [1.82, 2.24) is 10.3 Å². The molecule has 0 unspecified atom stereocenters. The van der Waals surface area contributed by atoms with Crippen LogP contribution in [0.4, 0.5) is 5.13 Å². The van der Waals surface area contributed by atoms with Gasteiger partial charge in [-0.25, -0.2) is 4.98 Å². The Morgan fingerprint density at radius 1 is 1.35 bits per heavy atom. The summed E-state index contributed by atoms with van der Waals surface area (Å²) < 4.78 is 0.974. The molecule has 6 heteroatoms. The lowest BCUT2D eigenvalue weighted by atomic mass is 10.1. The van der Waals surface area contributed by atoms with Crippen LogP contribution in [0.5, 0.6) is 0 Å². The number of aryl methyl sites for hydroxylation is 1. The number of rotatable bonds is 7. The average molecular weight is 307 g/mol. The van der Waals surface area contributed by atoms with Gasteiger partial charge in [-0.1, -0.05) is 41.7 Å². The minimum absolute atomic E-state index is 0.0510. The first kappa shape index (κ1) is 14.9. The van der Waals surface area contributed by atoms with Crippen molar-refractivity contribution in [2.45, 2.75) is 17.1 Å². The van der Waals surface area contributed by atoms with Crippen molar-refractivity contribution in [3.05, 3.63) is 42.1 Å². The van der Waals surface area contributed by atoms with Gasteiger partial charge in [-0.15, -0.1) is 11.8 Å². The van der Waals surface area contributed by atoms with E-state index < -0.39 is 0 Å². The zero-order valence-electron chi connectivity index (χ0n) is 11.0. The molecule has 106 valence electrons. The lowest BCUT2D eigenvalue weighted by molar-refractivity contribution is -0.118. The third kappa shape index (κ3) is 5.22. The fourth-order valence-corrected chi connectivity index (χ4v) is 3.28. The standard InChI is InChI=1S/C14H17N3OS2/c15-14-17-9-13(20-14)19-10-12(18)16-8-4-7-11-5-2-1-3-6-11/h1-3,5-6,9H,4,7-8,10H2,(H2,15,17)(H,16,18). The largest absolute Gasteiger partial charge is 0.375 e. The second-order valence-corrected chi connectivity index (χ2v) is 6.58. The minimum atomic E-state index is 0.0510. The fourth-order valence-electron chi connectivity index (χ4n) is 1.69. The second-order valence-electron chi connectivity index (χ2n) is 4.25. The molecule has 0 fully saturated rings. The van der Waals surface area contributed by atoms with E-state index >= 15 is 0 Å². The van der Waals surface area contributed by atoms with E-state index in [0.717, 1.165) is 17.1 Å². The number of aromatic nitrogens is 1. The van der Waals surface area contributed by atoms with Gasteiger partial charge in [-0.3, -0.25) is 4.79 Å². The Morgan fingerprint density at radius 3 is 2.85 bits per heavy atom. The van der Waals surface area contributed by atoms with Crippen molar-refractivity contribution in [3.8, 4) is 0 Å². The third-order valence-corrected chi connectivity index (χ3v) is 4.68. The Bertz CT molecular complexity index is 542. The van der Waals surface area contributed by atoms with E-state index in [-0.39, 0.29) is 5.91 Å². The molecule has 1 heterocycles. The first-order valence-electron chi connectivity index (χ1n) is 6.39. The van der Waals surface area contributed by atoms with E-state index in [9.17, 15) is 4.79 Å². The normalized spacial score (nSPS) is 10.4. The highest BCUT2D eigenvalue weighted by Crippen LogP contribution is 2.25. The molecule has 0 saturated carbocycles. The van der Waals surface area contributed by atoms with E-state index in [2.05, 4.69) is 22.4 Å². The van der Waals surface area contributed by atoms with Gasteiger partial charge in [0, 0.05) is 6.54 Å². The zero-order valence-corrected chi connectivity index (χ0v) is 12.7.